The van der Waals surface area contributed by atoms with Crippen molar-refractivity contribution < 1.29 is 9.53 Å². The number of carbonyl (C=O) groups excluding carboxylic acids is 1. The highest BCUT2D eigenvalue weighted by Crippen LogP contribution is 2.21. The van der Waals surface area contributed by atoms with E-state index in [-0.39, 0.29) is 5.91 Å². The van der Waals surface area contributed by atoms with Gasteiger partial charge in [-0.3, -0.25) is 4.79 Å². The van der Waals surface area contributed by atoms with Gasteiger partial charge in [-0.2, -0.15) is 16.3 Å². The lowest BCUT2D eigenvalue weighted by Crippen LogP contribution is -2.37. The van der Waals surface area contributed by atoms with Crippen molar-refractivity contribution in [2.75, 3.05) is 41.8 Å². The van der Waals surface area contributed by atoms with Gasteiger partial charge in [0, 0.05) is 41.6 Å². The zero-order chi connectivity index (χ0) is 19.3. The number of morpholine rings is 1. The summed E-state index contributed by atoms with van der Waals surface area (Å²) in [5, 5.41) is 9.92. The van der Waals surface area contributed by atoms with Crippen molar-refractivity contribution in [3.8, 4) is 0 Å². The molecule has 0 spiro atoms. The predicted molar refractivity (Wildman–Crippen MR) is 112 cm³/mol. The van der Waals surface area contributed by atoms with Gasteiger partial charge in [-0.25, -0.2) is 4.98 Å². The third kappa shape index (κ3) is 4.47. The van der Waals surface area contributed by atoms with Crippen molar-refractivity contribution in [3.05, 3.63) is 58.4 Å². The number of amides is 1. The Morgan fingerprint density at radius 2 is 1.86 bits per heavy atom. The average molecular weight is 395 g/mol. The van der Waals surface area contributed by atoms with Crippen LogP contribution < -0.4 is 15.5 Å². The van der Waals surface area contributed by atoms with Crippen LogP contribution in [0.15, 0.2) is 47.2 Å². The van der Waals surface area contributed by atoms with Crippen molar-refractivity contribution >= 4 is 40.4 Å². The van der Waals surface area contributed by atoms with Crippen LogP contribution in [-0.4, -0.2) is 42.2 Å². The summed E-state index contributed by atoms with van der Waals surface area (Å²) in [5.74, 6) is 1.35. The molecular formula is C20H21N5O2S. The molecule has 1 fully saturated rings. The zero-order valence-corrected chi connectivity index (χ0v) is 16.3. The molecule has 3 heterocycles. The fraction of sp³-hybridized carbons (Fsp3) is 0.250. The summed E-state index contributed by atoms with van der Waals surface area (Å²) < 4.78 is 5.40. The fourth-order valence-electron chi connectivity index (χ4n) is 2.90. The molecule has 144 valence electrons. The standard InChI is InChI=1S/C20H21N5O2S/c1-14-12-18(24-20(21-14)25-7-9-27-10-8-25)22-16-2-4-17(5-3-16)23-19(26)15-6-11-28-13-15/h2-6,11-13H,7-10H2,1H3,(H,23,26)(H,21,22,24). The Hall–Kier alpha value is -2.97. The lowest BCUT2D eigenvalue weighted by molar-refractivity contribution is 0.102. The van der Waals surface area contributed by atoms with Crippen LogP contribution in [0.1, 0.15) is 16.1 Å². The molecule has 1 aromatic carbocycles. The Morgan fingerprint density at radius 1 is 1.11 bits per heavy atom. The monoisotopic (exact) mass is 395 g/mol. The fourth-order valence-corrected chi connectivity index (χ4v) is 3.54. The summed E-state index contributed by atoms with van der Waals surface area (Å²) in [5.41, 5.74) is 3.20. The molecule has 1 aliphatic heterocycles. The van der Waals surface area contributed by atoms with Gasteiger partial charge in [0.1, 0.15) is 5.82 Å². The van der Waals surface area contributed by atoms with Crippen molar-refractivity contribution in [1.82, 2.24) is 9.97 Å². The summed E-state index contributed by atoms with van der Waals surface area (Å²) in [4.78, 5) is 23.4. The first-order chi connectivity index (χ1) is 13.7. The molecule has 2 aromatic heterocycles. The van der Waals surface area contributed by atoms with Crippen molar-refractivity contribution in [1.29, 1.82) is 0 Å². The van der Waals surface area contributed by atoms with Gasteiger partial charge in [0.2, 0.25) is 5.95 Å². The van der Waals surface area contributed by atoms with Crippen LogP contribution >= 0.6 is 11.3 Å². The third-order valence-corrected chi connectivity index (χ3v) is 5.02. The number of ether oxygens (including phenoxy) is 1. The number of anilines is 4. The molecule has 0 aliphatic carbocycles. The second-order valence-electron chi connectivity index (χ2n) is 6.46. The number of aryl methyl sites for hydroxylation is 1. The number of nitrogens with zero attached hydrogens (tertiary/aromatic N) is 3. The number of hydrogen-bond donors (Lipinski definition) is 2. The molecule has 0 bridgehead atoms. The normalized spacial score (nSPS) is 14.0. The number of benzene rings is 1. The van der Waals surface area contributed by atoms with E-state index >= 15 is 0 Å². The molecule has 0 unspecified atom stereocenters. The van der Waals surface area contributed by atoms with Gasteiger partial charge in [-0.05, 0) is 42.6 Å². The lowest BCUT2D eigenvalue weighted by atomic mass is 10.2. The number of carbonyl (C=O) groups is 1. The van der Waals surface area contributed by atoms with Crippen molar-refractivity contribution in [2.45, 2.75) is 6.92 Å². The Bertz CT molecular complexity index is 938. The maximum Gasteiger partial charge on any atom is 0.256 e. The molecule has 0 atom stereocenters. The van der Waals surface area contributed by atoms with E-state index in [4.69, 9.17) is 4.74 Å². The van der Waals surface area contributed by atoms with Gasteiger partial charge < -0.3 is 20.3 Å². The lowest BCUT2D eigenvalue weighted by Gasteiger charge is -2.27. The molecular weight excluding hydrogens is 374 g/mol. The molecule has 1 aliphatic rings. The van der Waals surface area contributed by atoms with Crippen LogP contribution in [0, 0.1) is 6.92 Å². The van der Waals surface area contributed by atoms with Gasteiger partial charge in [0.05, 0.1) is 18.8 Å². The second kappa shape index (κ2) is 8.37. The molecule has 1 saturated heterocycles. The smallest absolute Gasteiger partial charge is 0.256 e. The zero-order valence-electron chi connectivity index (χ0n) is 15.5. The van der Waals surface area contributed by atoms with E-state index < -0.39 is 0 Å². The van der Waals surface area contributed by atoms with Crippen LogP contribution in [0.4, 0.5) is 23.1 Å². The first-order valence-corrected chi connectivity index (χ1v) is 10.0. The molecule has 0 radical (unpaired) electrons. The highest BCUT2D eigenvalue weighted by atomic mass is 32.1. The van der Waals surface area contributed by atoms with Crippen LogP contribution in [-0.2, 0) is 4.74 Å². The highest BCUT2D eigenvalue weighted by Gasteiger charge is 2.15. The van der Waals surface area contributed by atoms with Crippen molar-refractivity contribution in [3.63, 3.8) is 0 Å². The summed E-state index contributed by atoms with van der Waals surface area (Å²) in [6.45, 7) is 4.93. The SMILES string of the molecule is Cc1cc(Nc2ccc(NC(=O)c3ccsc3)cc2)nc(N2CCOCC2)n1. The van der Waals surface area contributed by atoms with Gasteiger partial charge >= 0.3 is 0 Å². The Kier molecular flexibility index (Phi) is 5.50. The molecule has 1 amide bonds. The highest BCUT2D eigenvalue weighted by molar-refractivity contribution is 7.08. The van der Waals surface area contributed by atoms with E-state index in [1.165, 1.54) is 11.3 Å². The van der Waals surface area contributed by atoms with Gasteiger partial charge in [0.25, 0.3) is 5.91 Å². The number of nitrogens with one attached hydrogen (secondary N) is 2. The van der Waals surface area contributed by atoms with E-state index in [2.05, 4.69) is 25.5 Å². The number of thiophene rings is 1. The van der Waals surface area contributed by atoms with Gasteiger partial charge in [0.15, 0.2) is 0 Å². The Morgan fingerprint density at radius 3 is 2.57 bits per heavy atom. The molecule has 4 rings (SSSR count). The Balaban J connectivity index is 1.44. The van der Waals surface area contributed by atoms with E-state index in [1.807, 2.05) is 48.0 Å². The van der Waals surface area contributed by atoms with Crippen LogP contribution in [0.25, 0.3) is 0 Å². The van der Waals surface area contributed by atoms with E-state index in [9.17, 15) is 4.79 Å². The van der Waals surface area contributed by atoms with Crippen LogP contribution in [0.3, 0.4) is 0 Å². The predicted octanol–water partition coefficient (Wildman–Crippen LogP) is 3.68. The molecule has 28 heavy (non-hydrogen) atoms. The average Bonchev–Trinajstić information content (AvgIpc) is 3.25. The van der Waals surface area contributed by atoms with E-state index in [1.54, 1.807) is 6.07 Å². The summed E-state index contributed by atoms with van der Waals surface area (Å²) in [7, 11) is 0. The topological polar surface area (TPSA) is 79.4 Å². The van der Waals surface area contributed by atoms with Crippen LogP contribution in [0.2, 0.25) is 0 Å². The molecule has 8 heteroatoms. The van der Waals surface area contributed by atoms with Crippen LogP contribution in [0.5, 0.6) is 0 Å². The number of hydrogen-bond acceptors (Lipinski definition) is 7. The summed E-state index contributed by atoms with van der Waals surface area (Å²) in [6, 6.07) is 11.3. The second-order valence-corrected chi connectivity index (χ2v) is 7.24. The third-order valence-electron chi connectivity index (χ3n) is 4.33. The summed E-state index contributed by atoms with van der Waals surface area (Å²) >= 11 is 1.50. The minimum atomic E-state index is -0.108. The molecule has 7 nitrogen and oxygen atoms in total. The first-order valence-electron chi connectivity index (χ1n) is 9.06. The molecule has 2 N–H and O–H groups in total. The van der Waals surface area contributed by atoms with Gasteiger partial charge in [-0.15, -0.1) is 0 Å². The quantitative estimate of drug-likeness (QED) is 0.686. The molecule has 0 saturated carbocycles. The van der Waals surface area contributed by atoms with E-state index in [0.29, 0.717) is 24.7 Å². The number of rotatable bonds is 5. The number of aromatic nitrogens is 2. The minimum Gasteiger partial charge on any atom is -0.378 e. The van der Waals surface area contributed by atoms with Crippen molar-refractivity contribution in [2.24, 2.45) is 0 Å². The maximum atomic E-state index is 12.1. The minimum absolute atomic E-state index is 0.108. The maximum absolute atomic E-state index is 12.1. The van der Waals surface area contributed by atoms with E-state index in [0.717, 1.165) is 36.0 Å². The largest absolute Gasteiger partial charge is 0.378 e. The first kappa shape index (κ1) is 18.4. The Labute approximate surface area is 167 Å². The summed E-state index contributed by atoms with van der Waals surface area (Å²) in [6.07, 6.45) is 0. The van der Waals surface area contributed by atoms with Gasteiger partial charge in [-0.1, -0.05) is 0 Å². The molecule has 3 aromatic rings.